The largest absolute Gasteiger partial charge is 0.354 e. The summed E-state index contributed by atoms with van der Waals surface area (Å²) in [5.74, 6) is -0.765. The van der Waals surface area contributed by atoms with Gasteiger partial charge >= 0.3 is 0 Å². The standard InChI is InChI=1S/C25H33ClFN3O4S/c1-18(2)16-28-25(32)19(3)29(17-20-7-5-8-21(26)15-20)24(31)9-6-14-30(35(4,33)34)23-12-10-22(27)11-13-23/h5,7-8,10-13,15,18-19H,6,9,14,16-17H2,1-4H3,(H,28,32)/t19-/m1/s1. The smallest absolute Gasteiger partial charge is 0.242 e. The van der Waals surface area contributed by atoms with Crippen LogP contribution in [0.15, 0.2) is 48.5 Å². The third kappa shape index (κ3) is 9.14. The Labute approximate surface area is 212 Å². The molecular formula is C25H33ClFN3O4S. The summed E-state index contributed by atoms with van der Waals surface area (Å²) >= 11 is 6.10. The summed E-state index contributed by atoms with van der Waals surface area (Å²) in [6.45, 7) is 6.34. The maximum absolute atomic E-state index is 13.3. The normalized spacial score (nSPS) is 12.3. The molecule has 2 aromatic rings. The topological polar surface area (TPSA) is 86.8 Å². The van der Waals surface area contributed by atoms with Crippen LogP contribution >= 0.6 is 11.6 Å². The van der Waals surface area contributed by atoms with Gasteiger partial charge in [0.25, 0.3) is 0 Å². The van der Waals surface area contributed by atoms with E-state index in [2.05, 4.69) is 5.32 Å². The minimum Gasteiger partial charge on any atom is -0.354 e. The van der Waals surface area contributed by atoms with E-state index in [-0.39, 0.29) is 43.7 Å². The van der Waals surface area contributed by atoms with Gasteiger partial charge in [0.1, 0.15) is 11.9 Å². The van der Waals surface area contributed by atoms with E-state index >= 15 is 0 Å². The number of anilines is 1. The van der Waals surface area contributed by atoms with Gasteiger partial charge in [-0.3, -0.25) is 13.9 Å². The van der Waals surface area contributed by atoms with Gasteiger partial charge in [0.2, 0.25) is 21.8 Å². The lowest BCUT2D eigenvalue weighted by molar-refractivity contribution is -0.140. The van der Waals surface area contributed by atoms with Gasteiger partial charge in [-0.25, -0.2) is 12.8 Å². The van der Waals surface area contributed by atoms with Crippen molar-refractivity contribution < 1.29 is 22.4 Å². The first-order valence-corrected chi connectivity index (χ1v) is 13.7. The van der Waals surface area contributed by atoms with E-state index in [0.717, 1.165) is 16.1 Å². The van der Waals surface area contributed by atoms with Crippen LogP contribution < -0.4 is 9.62 Å². The van der Waals surface area contributed by atoms with Crippen LogP contribution in [-0.4, -0.2) is 50.5 Å². The lowest BCUT2D eigenvalue weighted by Crippen LogP contribution is -2.48. The second-order valence-electron chi connectivity index (χ2n) is 8.88. The molecule has 0 bridgehead atoms. The number of halogens is 2. The SMILES string of the molecule is CC(C)CNC(=O)[C@@H](C)N(Cc1cccc(Cl)c1)C(=O)CCCN(c1ccc(F)cc1)S(C)(=O)=O. The molecule has 1 atom stereocenters. The minimum absolute atomic E-state index is 0.0234. The van der Waals surface area contributed by atoms with Crippen molar-refractivity contribution in [1.29, 1.82) is 0 Å². The van der Waals surface area contributed by atoms with E-state index < -0.39 is 21.9 Å². The molecule has 2 rings (SSSR count). The number of hydrogen-bond acceptors (Lipinski definition) is 4. The number of rotatable bonds is 12. The highest BCUT2D eigenvalue weighted by molar-refractivity contribution is 7.92. The summed E-state index contributed by atoms with van der Waals surface area (Å²) in [7, 11) is -3.64. The Morgan fingerprint density at radius 1 is 1.09 bits per heavy atom. The van der Waals surface area contributed by atoms with Crippen molar-refractivity contribution >= 4 is 39.1 Å². The Bertz CT molecular complexity index is 1110. The molecule has 0 saturated carbocycles. The monoisotopic (exact) mass is 525 g/mol. The predicted molar refractivity (Wildman–Crippen MR) is 137 cm³/mol. The Morgan fingerprint density at radius 3 is 2.31 bits per heavy atom. The van der Waals surface area contributed by atoms with E-state index in [4.69, 9.17) is 11.6 Å². The van der Waals surface area contributed by atoms with Gasteiger partial charge in [0.15, 0.2) is 0 Å². The van der Waals surface area contributed by atoms with E-state index in [1.807, 2.05) is 19.9 Å². The zero-order valence-electron chi connectivity index (χ0n) is 20.5. The van der Waals surface area contributed by atoms with Crippen LogP contribution in [0.5, 0.6) is 0 Å². The average molecular weight is 526 g/mol. The summed E-state index contributed by atoms with van der Waals surface area (Å²) in [5, 5.41) is 3.38. The fourth-order valence-corrected chi connectivity index (χ4v) is 4.66. The number of nitrogens with zero attached hydrogens (tertiary/aromatic N) is 2. The quantitative estimate of drug-likeness (QED) is 0.449. The highest BCUT2D eigenvalue weighted by atomic mass is 35.5. The van der Waals surface area contributed by atoms with Crippen LogP contribution in [-0.2, 0) is 26.2 Å². The first-order valence-electron chi connectivity index (χ1n) is 11.4. The number of carbonyl (C=O) groups excluding carboxylic acids is 2. The molecule has 2 amide bonds. The van der Waals surface area contributed by atoms with Crippen molar-refractivity contribution in [2.45, 2.75) is 46.2 Å². The minimum atomic E-state index is -3.64. The first-order chi connectivity index (χ1) is 16.4. The fourth-order valence-electron chi connectivity index (χ4n) is 3.48. The van der Waals surface area contributed by atoms with Crippen molar-refractivity contribution in [3.8, 4) is 0 Å². The molecule has 2 aromatic carbocycles. The van der Waals surface area contributed by atoms with Crippen molar-refractivity contribution in [2.24, 2.45) is 5.92 Å². The number of amides is 2. The lowest BCUT2D eigenvalue weighted by Gasteiger charge is -2.29. The maximum Gasteiger partial charge on any atom is 0.242 e. The van der Waals surface area contributed by atoms with Crippen LogP contribution in [0.3, 0.4) is 0 Å². The Kier molecular flexibility index (Phi) is 10.5. The first kappa shape index (κ1) is 28.6. The number of sulfonamides is 1. The summed E-state index contributed by atoms with van der Waals surface area (Å²) in [4.78, 5) is 27.4. The van der Waals surface area contributed by atoms with Crippen LogP contribution in [0.25, 0.3) is 0 Å². The molecule has 0 unspecified atom stereocenters. The van der Waals surface area contributed by atoms with Gasteiger partial charge < -0.3 is 10.2 Å². The zero-order valence-corrected chi connectivity index (χ0v) is 22.1. The summed E-state index contributed by atoms with van der Waals surface area (Å²) in [6.07, 6.45) is 1.30. The van der Waals surface area contributed by atoms with Crippen molar-refractivity contribution in [3.05, 3.63) is 64.9 Å². The summed E-state index contributed by atoms with van der Waals surface area (Å²) in [5.41, 5.74) is 1.09. The van der Waals surface area contributed by atoms with Crippen LogP contribution in [0.1, 0.15) is 39.2 Å². The van der Waals surface area contributed by atoms with Crippen LogP contribution in [0.2, 0.25) is 5.02 Å². The molecule has 10 heteroatoms. The van der Waals surface area contributed by atoms with E-state index in [1.54, 1.807) is 25.1 Å². The van der Waals surface area contributed by atoms with Crippen molar-refractivity contribution in [1.82, 2.24) is 10.2 Å². The number of nitrogens with one attached hydrogen (secondary N) is 1. The molecule has 7 nitrogen and oxygen atoms in total. The third-order valence-corrected chi connectivity index (χ3v) is 6.79. The van der Waals surface area contributed by atoms with Gasteiger partial charge in [-0.15, -0.1) is 0 Å². The van der Waals surface area contributed by atoms with Crippen molar-refractivity contribution in [3.63, 3.8) is 0 Å². The zero-order chi connectivity index (χ0) is 26.2. The molecule has 0 aliphatic carbocycles. The van der Waals surface area contributed by atoms with E-state index in [9.17, 15) is 22.4 Å². The van der Waals surface area contributed by atoms with Crippen molar-refractivity contribution in [2.75, 3.05) is 23.7 Å². The highest BCUT2D eigenvalue weighted by Crippen LogP contribution is 2.20. The van der Waals surface area contributed by atoms with E-state index in [0.29, 0.717) is 17.3 Å². The lowest BCUT2D eigenvalue weighted by atomic mass is 10.1. The molecule has 192 valence electrons. The summed E-state index contributed by atoms with van der Waals surface area (Å²) in [6, 6.07) is 11.5. The molecule has 0 radical (unpaired) electrons. The molecule has 0 aliphatic heterocycles. The van der Waals surface area contributed by atoms with Gasteiger partial charge in [-0.05, 0) is 61.2 Å². The van der Waals surface area contributed by atoms with Gasteiger partial charge in [-0.1, -0.05) is 37.6 Å². The highest BCUT2D eigenvalue weighted by Gasteiger charge is 2.26. The number of carbonyl (C=O) groups is 2. The molecule has 0 aliphatic rings. The molecule has 0 spiro atoms. The van der Waals surface area contributed by atoms with E-state index in [1.165, 1.54) is 29.2 Å². The van der Waals surface area contributed by atoms with Gasteiger partial charge in [0, 0.05) is 31.1 Å². The second-order valence-corrected chi connectivity index (χ2v) is 11.2. The van der Waals surface area contributed by atoms with Crippen LogP contribution in [0, 0.1) is 11.7 Å². The predicted octanol–water partition coefficient (Wildman–Crippen LogP) is 4.21. The Morgan fingerprint density at radius 2 is 1.74 bits per heavy atom. The van der Waals surface area contributed by atoms with Gasteiger partial charge in [-0.2, -0.15) is 0 Å². The molecule has 35 heavy (non-hydrogen) atoms. The summed E-state index contributed by atoms with van der Waals surface area (Å²) < 4.78 is 39.0. The Hall–Kier alpha value is -2.65. The Balaban J connectivity index is 2.15. The molecule has 0 saturated heterocycles. The van der Waals surface area contributed by atoms with Gasteiger partial charge in [0.05, 0.1) is 11.9 Å². The third-order valence-electron chi connectivity index (χ3n) is 5.36. The molecular weight excluding hydrogens is 493 g/mol. The maximum atomic E-state index is 13.3. The second kappa shape index (κ2) is 12.9. The average Bonchev–Trinajstić information content (AvgIpc) is 2.78. The molecule has 0 aromatic heterocycles. The molecule has 1 N–H and O–H groups in total. The molecule has 0 fully saturated rings. The number of benzene rings is 2. The number of hydrogen-bond donors (Lipinski definition) is 1. The van der Waals surface area contributed by atoms with Crippen LogP contribution in [0.4, 0.5) is 10.1 Å². The fraction of sp³-hybridized carbons (Fsp3) is 0.440. The molecule has 0 heterocycles.